The summed E-state index contributed by atoms with van der Waals surface area (Å²) < 4.78 is 38.4. The molecule has 0 amide bonds. The van der Waals surface area contributed by atoms with Gasteiger partial charge in [-0.25, -0.2) is 13.2 Å². The largest absolute Gasteiger partial charge is 0.490 e. The summed E-state index contributed by atoms with van der Waals surface area (Å²) >= 11 is 12.0. The highest BCUT2D eigenvalue weighted by Gasteiger charge is 2.30. The normalized spacial score (nSPS) is 15.6. The number of aryl methyl sites for hydroxylation is 1. The van der Waals surface area contributed by atoms with E-state index in [1.54, 1.807) is 49.4 Å². The second-order valence-corrected chi connectivity index (χ2v) is 10.3. The van der Waals surface area contributed by atoms with Gasteiger partial charge in [-0.1, -0.05) is 41.4 Å². The number of hydrogen-bond donors (Lipinski definition) is 0. The molecule has 1 aromatic heterocycles. The molecule has 32 heavy (non-hydrogen) atoms. The van der Waals surface area contributed by atoms with E-state index in [2.05, 4.69) is 0 Å². The van der Waals surface area contributed by atoms with Crippen LogP contribution in [0.15, 0.2) is 68.7 Å². The fraction of sp³-hybridized carbons (Fsp3) is 0.261. The molecule has 6 nitrogen and oxygen atoms in total. The van der Waals surface area contributed by atoms with Crippen LogP contribution in [-0.4, -0.2) is 31.9 Å². The molecule has 0 atom stereocenters. The predicted molar refractivity (Wildman–Crippen MR) is 124 cm³/mol. The first-order chi connectivity index (χ1) is 15.2. The SMILES string of the molecule is Cc1cc(OC2CCN(S(=O)(=O)c3ccc(-c4ccc(Cl)c(Cl)c4)cc3)CC2)cc(=O)o1. The lowest BCUT2D eigenvalue weighted by Crippen LogP contribution is -2.41. The van der Waals surface area contributed by atoms with Crippen LogP contribution in [0.4, 0.5) is 0 Å². The monoisotopic (exact) mass is 493 g/mol. The maximum atomic E-state index is 13.1. The number of sulfonamides is 1. The van der Waals surface area contributed by atoms with Gasteiger partial charge in [0.05, 0.1) is 21.0 Å². The smallest absolute Gasteiger partial charge is 0.339 e. The van der Waals surface area contributed by atoms with Gasteiger partial charge >= 0.3 is 5.63 Å². The molecule has 4 rings (SSSR count). The lowest BCUT2D eigenvalue weighted by molar-refractivity contribution is 0.134. The second-order valence-electron chi connectivity index (χ2n) is 7.60. The minimum atomic E-state index is -3.62. The van der Waals surface area contributed by atoms with Gasteiger partial charge in [0, 0.05) is 19.2 Å². The van der Waals surface area contributed by atoms with Crippen molar-refractivity contribution in [2.45, 2.75) is 30.8 Å². The molecule has 1 aliphatic heterocycles. The van der Waals surface area contributed by atoms with Crippen LogP contribution >= 0.6 is 23.2 Å². The number of nitrogens with zero attached hydrogens (tertiary/aromatic N) is 1. The number of piperidine rings is 1. The van der Waals surface area contributed by atoms with Gasteiger partial charge in [-0.15, -0.1) is 0 Å². The zero-order chi connectivity index (χ0) is 22.9. The van der Waals surface area contributed by atoms with Crippen molar-refractivity contribution >= 4 is 33.2 Å². The maximum absolute atomic E-state index is 13.1. The Balaban J connectivity index is 1.42. The van der Waals surface area contributed by atoms with Crippen molar-refractivity contribution < 1.29 is 17.6 Å². The fourth-order valence-electron chi connectivity index (χ4n) is 3.67. The van der Waals surface area contributed by atoms with Crippen LogP contribution in [0, 0.1) is 6.92 Å². The van der Waals surface area contributed by atoms with Crippen LogP contribution < -0.4 is 10.4 Å². The molecule has 3 aromatic rings. The first kappa shape index (κ1) is 22.9. The highest BCUT2D eigenvalue weighted by molar-refractivity contribution is 7.89. The highest BCUT2D eigenvalue weighted by Crippen LogP contribution is 2.30. The summed E-state index contributed by atoms with van der Waals surface area (Å²) in [6.45, 7) is 2.35. The fourth-order valence-corrected chi connectivity index (χ4v) is 5.44. The molecule has 2 heterocycles. The molecule has 1 saturated heterocycles. The number of hydrogen-bond acceptors (Lipinski definition) is 5. The van der Waals surface area contributed by atoms with E-state index in [0.29, 0.717) is 47.5 Å². The minimum Gasteiger partial charge on any atom is -0.490 e. The summed E-state index contributed by atoms with van der Waals surface area (Å²) in [6.07, 6.45) is 0.888. The third-order valence-corrected chi connectivity index (χ3v) is 7.97. The van der Waals surface area contributed by atoms with Crippen LogP contribution in [-0.2, 0) is 10.0 Å². The van der Waals surface area contributed by atoms with Crippen LogP contribution in [0.5, 0.6) is 5.75 Å². The van der Waals surface area contributed by atoms with Gasteiger partial charge in [0.2, 0.25) is 10.0 Å². The van der Waals surface area contributed by atoms with Gasteiger partial charge in [-0.3, -0.25) is 0 Å². The van der Waals surface area contributed by atoms with E-state index >= 15 is 0 Å². The van der Waals surface area contributed by atoms with E-state index < -0.39 is 15.6 Å². The molecular weight excluding hydrogens is 473 g/mol. The Kier molecular flexibility index (Phi) is 6.62. The van der Waals surface area contributed by atoms with Gasteiger partial charge in [0.15, 0.2) is 0 Å². The van der Waals surface area contributed by atoms with Crippen LogP contribution in [0.1, 0.15) is 18.6 Å². The lowest BCUT2D eigenvalue weighted by Gasteiger charge is -2.31. The Labute approximate surface area is 196 Å². The molecule has 1 aliphatic rings. The molecule has 9 heteroatoms. The van der Waals surface area contributed by atoms with E-state index in [1.165, 1.54) is 10.4 Å². The van der Waals surface area contributed by atoms with E-state index in [0.717, 1.165) is 11.1 Å². The average Bonchev–Trinajstić information content (AvgIpc) is 2.75. The summed E-state index contributed by atoms with van der Waals surface area (Å²) in [7, 11) is -3.62. The van der Waals surface area contributed by atoms with Crippen LogP contribution in [0.2, 0.25) is 10.0 Å². The molecular formula is C23H21Cl2NO5S. The van der Waals surface area contributed by atoms with Crippen molar-refractivity contribution in [1.29, 1.82) is 0 Å². The third kappa shape index (κ3) is 5.02. The Bertz CT molecular complexity index is 1280. The molecule has 168 valence electrons. The Morgan fingerprint density at radius 1 is 0.938 bits per heavy atom. The maximum Gasteiger partial charge on any atom is 0.339 e. The standard InChI is InChI=1S/C23H21Cl2NO5S/c1-15-12-19(14-23(27)30-15)31-18-8-10-26(11-9-18)32(28,29)20-5-2-16(3-6-20)17-4-7-21(24)22(25)13-17/h2-7,12-14,18H,8-11H2,1H3. The third-order valence-electron chi connectivity index (χ3n) is 5.32. The number of benzene rings is 2. The number of halogens is 2. The van der Waals surface area contributed by atoms with Crippen LogP contribution in [0.3, 0.4) is 0 Å². The molecule has 1 fully saturated rings. The van der Waals surface area contributed by atoms with Crippen molar-refractivity contribution in [3.05, 3.63) is 80.8 Å². The second kappa shape index (κ2) is 9.27. The molecule has 0 bridgehead atoms. The van der Waals surface area contributed by atoms with Crippen molar-refractivity contribution in [1.82, 2.24) is 4.31 Å². The summed E-state index contributed by atoms with van der Waals surface area (Å²) in [5.74, 6) is 0.912. The van der Waals surface area contributed by atoms with Gasteiger partial charge in [-0.05, 0) is 55.2 Å². The molecule has 0 radical (unpaired) electrons. The average molecular weight is 494 g/mol. The highest BCUT2D eigenvalue weighted by atomic mass is 35.5. The van der Waals surface area contributed by atoms with E-state index in [4.69, 9.17) is 32.4 Å². The summed E-state index contributed by atoms with van der Waals surface area (Å²) in [5, 5.41) is 0.908. The van der Waals surface area contributed by atoms with Crippen molar-refractivity contribution in [3.63, 3.8) is 0 Å². The van der Waals surface area contributed by atoms with Crippen molar-refractivity contribution in [2.24, 2.45) is 0 Å². The minimum absolute atomic E-state index is 0.167. The molecule has 0 N–H and O–H groups in total. The van der Waals surface area contributed by atoms with Gasteiger partial charge in [-0.2, -0.15) is 4.31 Å². The number of ether oxygens (including phenoxy) is 1. The van der Waals surface area contributed by atoms with Gasteiger partial charge in [0.25, 0.3) is 0 Å². The summed E-state index contributed by atoms with van der Waals surface area (Å²) in [5.41, 5.74) is 1.23. The van der Waals surface area contributed by atoms with Crippen molar-refractivity contribution in [3.8, 4) is 16.9 Å². The first-order valence-electron chi connectivity index (χ1n) is 10.1. The first-order valence-corrected chi connectivity index (χ1v) is 12.3. The zero-order valence-electron chi connectivity index (χ0n) is 17.3. The quantitative estimate of drug-likeness (QED) is 0.490. The lowest BCUT2D eigenvalue weighted by atomic mass is 10.1. The van der Waals surface area contributed by atoms with E-state index in [9.17, 15) is 13.2 Å². The zero-order valence-corrected chi connectivity index (χ0v) is 19.6. The van der Waals surface area contributed by atoms with Gasteiger partial charge in [0.1, 0.15) is 17.6 Å². The summed E-state index contributed by atoms with van der Waals surface area (Å²) in [6, 6.07) is 14.9. The molecule has 0 unspecified atom stereocenters. The molecule has 0 saturated carbocycles. The number of rotatable bonds is 5. The van der Waals surface area contributed by atoms with E-state index in [1.807, 2.05) is 6.07 Å². The Hall–Kier alpha value is -2.32. The topological polar surface area (TPSA) is 76.8 Å². The molecule has 2 aromatic carbocycles. The van der Waals surface area contributed by atoms with E-state index in [-0.39, 0.29) is 11.0 Å². The Morgan fingerprint density at radius 2 is 1.59 bits per heavy atom. The van der Waals surface area contributed by atoms with Gasteiger partial charge < -0.3 is 9.15 Å². The molecule has 0 aliphatic carbocycles. The Morgan fingerprint density at radius 3 is 2.22 bits per heavy atom. The summed E-state index contributed by atoms with van der Waals surface area (Å²) in [4.78, 5) is 11.7. The molecule has 0 spiro atoms. The van der Waals surface area contributed by atoms with Crippen molar-refractivity contribution in [2.75, 3.05) is 13.1 Å². The predicted octanol–water partition coefficient (Wildman–Crippen LogP) is 5.15. The van der Waals surface area contributed by atoms with Crippen LogP contribution in [0.25, 0.3) is 11.1 Å².